The van der Waals surface area contributed by atoms with E-state index in [4.69, 9.17) is 5.26 Å². The molecule has 0 bridgehead atoms. The summed E-state index contributed by atoms with van der Waals surface area (Å²) in [5.41, 5.74) is 0. The third kappa shape index (κ3) is 5.25. The maximum absolute atomic E-state index is 9.81. The van der Waals surface area contributed by atoms with E-state index in [-0.39, 0.29) is 22.0 Å². The average molecular weight is 160 g/mol. The largest absolute Gasteiger partial charge is 0.265 e. The second-order valence-corrected chi connectivity index (χ2v) is 3.60. The minimum absolute atomic E-state index is 0.0751. The number of nitro groups is 1. The maximum Gasteiger partial charge on any atom is 0.212 e. The fourth-order valence-electron chi connectivity index (χ4n) is 0.367. The Labute approximate surface area is 61.5 Å². The van der Waals surface area contributed by atoms with E-state index in [9.17, 15) is 10.1 Å². The Balaban J connectivity index is 3.42. The van der Waals surface area contributed by atoms with Crippen molar-refractivity contribution in [3.63, 3.8) is 0 Å². The molecule has 0 rings (SSSR count). The Morgan fingerprint density at radius 3 is 2.80 bits per heavy atom. The van der Waals surface area contributed by atoms with Gasteiger partial charge in [0.2, 0.25) is 6.54 Å². The highest BCUT2D eigenvalue weighted by atomic mass is 32.2. The highest BCUT2D eigenvalue weighted by Gasteiger charge is 1.97. The van der Waals surface area contributed by atoms with Crippen LogP contribution in [0.2, 0.25) is 0 Å². The van der Waals surface area contributed by atoms with Gasteiger partial charge in [-0.25, -0.2) is 0 Å². The number of nitriles is 1. The maximum atomic E-state index is 9.81. The van der Waals surface area contributed by atoms with Crippen molar-refractivity contribution in [2.24, 2.45) is 0 Å². The highest BCUT2D eigenvalue weighted by molar-refractivity contribution is 8.14. The Bertz CT molecular complexity index is 185. The molecule has 0 N–H and O–H groups in total. The first kappa shape index (κ1) is 9.11. The van der Waals surface area contributed by atoms with Gasteiger partial charge < -0.3 is 0 Å². The summed E-state index contributed by atoms with van der Waals surface area (Å²) in [6.45, 7) is -0.0751. The molecule has 0 aliphatic carbocycles. The molecule has 0 amide bonds. The van der Waals surface area contributed by atoms with E-state index in [0.29, 0.717) is 11.5 Å². The molecule has 0 aromatic rings. The molecule has 0 radical (unpaired) electrons. The van der Waals surface area contributed by atoms with E-state index in [1.807, 2.05) is 6.07 Å². The van der Waals surface area contributed by atoms with Gasteiger partial charge in [0.1, 0.15) is 0 Å². The van der Waals surface area contributed by atoms with Crippen LogP contribution in [0, 0.1) is 21.4 Å². The zero-order chi connectivity index (χ0) is 7.98. The predicted molar refractivity (Wildman–Crippen MR) is 41.9 cm³/mol. The van der Waals surface area contributed by atoms with Crippen molar-refractivity contribution < 1.29 is 4.92 Å². The number of rotatable bonds is 4. The van der Waals surface area contributed by atoms with Crippen LogP contribution >= 0.6 is 10.5 Å². The molecule has 0 spiro atoms. The molecule has 0 saturated carbocycles. The van der Waals surface area contributed by atoms with Crippen molar-refractivity contribution in [1.29, 1.82) is 5.26 Å². The van der Waals surface area contributed by atoms with Gasteiger partial charge in [-0.1, -0.05) is 5.87 Å². The van der Waals surface area contributed by atoms with E-state index >= 15 is 0 Å². The Morgan fingerprint density at radius 2 is 2.40 bits per heavy atom. The zero-order valence-corrected chi connectivity index (χ0v) is 6.26. The molecule has 0 saturated heterocycles. The van der Waals surface area contributed by atoms with Crippen LogP contribution in [0.1, 0.15) is 0 Å². The molecule has 0 aromatic carbocycles. The first-order valence-electron chi connectivity index (χ1n) is 2.62. The van der Waals surface area contributed by atoms with Crippen molar-refractivity contribution >= 4 is 16.4 Å². The van der Waals surface area contributed by atoms with Crippen LogP contribution in [0.4, 0.5) is 0 Å². The number of nitrogens with zero attached hydrogens (tertiary/aromatic N) is 2. The van der Waals surface area contributed by atoms with Crippen LogP contribution in [0.5, 0.6) is 0 Å². The standard InChI is InChI=1S/C5H8N2O2S/c1-10(4-2-6)5-3-7(8)9/h1,3-5H2. The van der Waals surface area contributed by atoms with Crippen LogP contribution < -0.4 is 0 Å². The smallest absolute Gasteiger partial charge is 0.212 e. The molecule has 1 unspecified atom stereocenters. The molecule has 0 aliphatic rings. The lowest BCUT2D eigenvalue weighted by molar-refractivity contribution is -0.474. The summed E-state index contributed by atoms with van der Waals surface area (Å²) in [5.74, 6) is 4.34. The van der Waals surface area contributed by atoms with E-state index in [1.54, 1.807) is 0 Å². The molecule has 0 aliphatic heterocycles. The lowest BCUT2D eigenvalue weighted by Gasteiger charge is -1.95. The monoisotopic (exact) mass is 160 g/mol. The quantitative estimate of drug-likeness (QED) is 0.341. The van der Waals surface area contributed by atoms with Gasteiger partial charge in [0.25, 0.3) is 0 Å². The minimum Gasteiger partial charge on any atom is -0.265 e. The first-order chi connectivity index (χ1) is 4.66. The van der Waals surface area contributed by atoms with Crippen LogP contribution in [-0.2, 0) is 0 Å². The summed E-state index contributed by atoms with van der Waals surface area (Å²) in [6.07, 6.45) is 0. The van der Waals surface area contributed by atoms with Crippen LogP contribution in [0.3, 0.4) is 0 Å². The van der Waals surface area contributed by atoms with Gasteiger partial charge in [0.15, 0.2) is 0 Å². The number of hydrogen-bond acceptors (Lipinski definition) is 3. The van der Waals surface area contributed by atoms with Crippen molar-refractivity contribution in [3.8, 4) is 6.07 Å². The van der Waals surface area contributed by atoms with Gasteiger partial charge in [-0.2, -0.15) is 15.7 Å². The average Bonchev–Trinajstić information content (AvgIpc) is 1.85. The van der Waals surface area contributed by atoms with Gasteiger partial charge in [-0.15, -0.1) is 0 Å². The summed E-state index contributed by atoms with van der Waals surface area (Å²) in [5, 5.41) is 18.0. The van der Waals surface area contributed by atoms with Gasteiger partial charge in [0, 0.05) is 4.92 Å². The summed E-state index contributed by atoms with van der Waals surface area (Å²) in [6, 6.07) is 1.92. The summed E-state index contributed by atoms with van der Waals surface area (Å²) in [4.78, 5) is 9.42. The molecule has 4 nitrogen and oxygen atoms in total. The molecular formula is C5H8N2O2S. The highest BCUT2D eigenvalue weighted by Crippen LogP contribution is 2.05. The fourth-order valence-corrected chi connectivity index (χ4v) is 1.10. The van der Waals surface area contributed by atoms with Gasteiger partial charge in [-0.05, 0) is 0 Å². The third-order valence-corrected chi connectivity index (χ3v) is 2.13. The van der Waals surface area contributed by atoms with Crippen LogP contribution in [0.25, 0.3) is 0 Å². The van der Waals surface area contributed by atoms with Crippen molar-refractivity contribution in [3.05, 3.63) is 10.1 Å². The van der Waals surface area contributed by atoms with Crippen molar-refractivity contribution in [1.82, 2.24) is 0 Å². The molecular weight excluding hydrogens is 152 g/mol. The lowest BCUT2D eigenvalue weighted by Crippen LogP contribution is -2.04. The van der Waals surface area contributed by atoms with E-state index in [0.717, 1.165) is 0 Å². The van der Waals surface area contributed by atoms with Crippen LogP contribution in [-0.4, -0.2) is 28.8 Å². The molecule has 10 heavy (non-hydrogen) atoms. The number of hydrogen-bond donors (Lipinski definition) is 0. The molecule has 0 fully saturated rings. The SMILES string of the molecule is C=S(CC#N)CC[N+](=O)[O-]. The Morgan fingerprint density at radius 1 is 1.80 bits per heavy atom. The molecule has 5 heteroatoms. The second kappa shape index (κ2) is 4.94. The van der Waals surface area contributed by atoms with Crippen molar-refractivity contribution in [2.45, 2.75) is 0 Å². The molecule has 56 valence electrons. The summed E-state index contributed by atoms with van der Waals surface area (Å²) >= 11 is 0. The van der Waals surface area contributed by atoms with Crippen LogP contribution in [0.15, 0.2) is 0 Å². The molecule has 0 aromatic heterocycles. The molecule has 0 heterocycles. The summed E-state index contributed by atoms with van der Waals surface area (Å²) < 4.78 is 0. The Kier molecular flexibility index (Phi) is 4.50. The van der Waals surface area contributed by atoms with E-state index in [2.05, 4.69) is 5.87 Å². The Hall–Kier alpha value is -0.890. The second-order valence-electron chi connectivity index (χ2n) is 1.68. The predicted octanol–water partition coefficient (Wildman–Crippen LogP) is 0.488. The van der Waals surface area contributed by atoms with E-state index in [1.165, 1.54) is 0 Å². The van der Waals surface area contributed by atoms with Gasteiger partial charge in [0.05, 0.1) is 17.6 Å². The van der Waals surface area contributed by atoms with Gasteiger partial charge >= 0.3 is 0 Å². The first-order valence-corrected chi connectivity index (χ1v) is 4.36. The minimum atomic E-state index is -0.386. The fraction of sp³-hybridized carbons (Fsp3) is 0.600. The van der Waals surface area contributed by atoms with Crippen molar-refractivity contribution in [2.75, 3.05) is 18.1 Å². The van der Waals surface area contributed by atoms with E-state index < -0.39 is 0 Å². The topological polar surface area (TPSA) is 66.9 Å². The molecule has 1 atom stereocenters. The normalized spacial score (nSPS) is 11.9. The van der Waals surface area contributed by atoms with Gasteiger partial charge in [-0.3, -0.25) is 10.1 Å². The lowest BCUT2D eigenvalue weighted by atomic mass is 10.8. The summed E-state index contributed by atoms with van der Waals surface area (Å²) in [7, 11) is -0.343. The zero-order valence-electron chi connectivity index (χ0n) is 5.45. The third-order valence-electron chi connectivity index (χ3n) is 0.831.